The van der Waals surface area contributed by atoms with Crippen LogP contribution in [-0.2, 0) is 14.3 Å². The number of rotatable bonds is 0. The van der Waals surface area contributed by atoms with Gasteiger partial charge in [-0.1, -0.05) is 0 Å². The highest BCUT2D eigenvalue weighted by Gasteiger charge is 2.28. The SMILES string of the molecule is [2H]C1=CC(C)(C)OS1(=O)=O. The van der Waals surface area contributed by atoms with Crippen LogP contribution >= 0.6 is 0 Å². The van der Waals surface area contributed by atoms with E-state index in [9.17, 15) is 8.42 Å². The number of hydrogen-bond acceptors (Lipinski definition) is 3. The first kappa shape index (κ1) is 5.44. The minimum absolute atomic E-state index is 0.447. The molecule has 0 bridgehead atoms. The van der Waals surface area contributed by atoms with Gasteiger partial charge in [-0.3, -0.25) is 4.18 Å². The molecule has 0 aromatic carbocycles. The summed E-state index contributed by atoms with van der Waals surface area (Å²) >= 11 is 0. The second-order valence-corrected chi connectivity index (χ2v) is 3.71. The topological polar surface area (TPSA) is 43.4 Å². The van der Waals surface area contributed by atoms with Crippen molar-refractivity contribution in [1.82, 2.24) is 0 Å². The lowest BCUT2D eigenvalue weighted by molar-refractivity contribution is 0.184. The van der Waals surface area contributed by atoms with Gasteiger partial charge in [0.05, 0.1) is 6.75 Å². The molecule has 1 aliphatic rings. The maximum Gasteiger partial charge on any atom is 0.290 e. The van der Waals surface area contributed by atoms with Gasteiger partial charge < -0.3 is 0 Å². The van der Waals surface area contributed by atoms with Gasteiger partial charge in [-0.15, -0.1) is 0 Å². The summed E-state index contributed by atoms with van der Waals surface area (Å²) < 4.78 is 32.9. The maximum atomic E-state index is 10.7. The van der Waals surface area contributed by atoms with E-state index in [4.69, 9.17) is 1.37 Å². The molecule has 52 valence electrons. The molecule has 0 spiro atoms. The van der Waals surface area contributed by atoms with Crippen LogP contribution in [0.5, 0.6) is 0 Å². The molecule has 3 nitrogen and oxygen atoms in total. The van der Waals surface area contributed by atoms with E-state index in [0.29, 0.717) is 0 Å². The van der Waals surface area contributed by atoms with Crippen molar-refractivity contribution in [2.24, 2.45) is 0 Å². The van der Waals surface area contributed by atoms with E-state index in [0.717, 1.165) is 0 Å². The Balaban J connectivity index is 3.13. The monoisotopic (exact) mass is 149 g/mol. The summed E-state index contributed by atoms with van der Waals surface area (Å²) in [5, 5.41) is -0.447. The van der Waals surface area contributed by atoms with Gasteiger partial charge in [0.2, 0.25) is 0 Å². The molecule has 0 saturated heterocycles. The zero-order chi connectivity index (χ0) is 7.99. The Labute approximate surface area is 55.9 Å². The quantitative estimate of drug-likeness (QED) is 0.475. The van der Waals surface area contributed by atoms with E-state index in [-0.39, 0.29) is 0 Å². The molecular formula is C5H8O3S. The normalized spacial score (nSPS) is 31.3. The lowest BCUT2D eigenvalue weighted by Crippen LogP contribution is -2.17. The van der Waals surface area contributed by atoms with Crippen molar-refractivity contribution < 1.29 is 14.0 Å². The molecule has 9 heavy (non-hydrogen) atoms. The fourth-order valence-corrected chi connectivity index (χ4v) is 1.63. The van der Waals surface area contributed by atoms with Gasteiger partial charge >= 0.3 is 0 Å². The van der Waals surface area contributed by atoms with Gasteiger partial charge in [-0.05, 0) is 19.9 Å². The Kier molecular flexibility index (Phi) is 0.952. The van der Waals surface area contributed by atoms with Gasteiger partial charge in [0.15, 0.2) is 0 Å². The van der Waals surface area contributed by atoms with Gasteiger partial charge in [-0.2, -0.15) is 8.42 Å². The molecule has 0 aliphatic carbocycles. The summed E-state index contributed by atoms with van der Waals surface area (Å²) in [5.41, 5.74) is -0.837. The maximum absolute atomic E-state index is 10.7. The molecule has 0 amide bonds. The van der Waals surface area contributed by atoms with Gasteiger partial charge in [0.1, 0.15) is 5.60 Å². The average Bonchev–Trinajstić information content (AvgIpc) is 1.73. The molecule has 0 atom stereocenters. The third-order valence-electron chi connectivity index (χ3n) is 0.875. The lowest BCUT2D eigenvalue weighted by atomic mass is 10.1. The smallest absolute Gasteiger partial charge is 0.256 e. The predicted molar refractivity (Wildman–Crippen MR) is 33.2 cm³/mol. The Morgan fingerprint density at radius 1 is 1.67 bits per heavy atom. The Hall–Kier alpha value is -0.350. The highest BCUT2D eigenvalue weighted by molar-refractivity contribution is 7.89. The lowest BCUT2D eigenvalue weighted by Gasteiger charge is -2.11. The molecule has 0 fully saturated rings. The molecule has 0 N–H and O–H groups in total. The molecule has 1 aliphatic heterocycles. The van der Waals surface area contributed by atoms with E-state index >= 15 is 0 Å². The molecule has 0 aromatic rings. The van der Waals surface area contributed by atoms with Crippen molar-refractivity contribution in [3.63, 3.8) is 0 Å². The van der Waals surface area contributed by atoms with E-state index in [1.165, 1.54) is 6.08 Å². The van der Waals surface area contributed by atoms with Crippen molar-refractivity contribution in [3.8, 4) is 0 Å². The first-order valence-electron chi connectivity index (χ1n) is 2.99. The molecule has 4 heteroatoms. The molecular weight excluding hydrogens is 140 g/mol. The summed E-state index contributed by atoms with van der Waals surface area (Å²) in [6, 6.07) is 0. The van der Waals surface area contributed by atoms with Gasteiger partial charge in [0, 0.05) is 0 Å². The largest absolute Gasteiger partial charge is 0.290 e. The van der Waals surface area contributed by atoms with Gasteiger partial charge in [-0.25, -0.2) is 0 Å². The van der Waals surface area contributed by atoms with Crippen LogP contribution in [0.2, 0.25) is 0 Å². The third-order valence-corrected chi connectivity index (χ3v) is 1.93. The van der Waals surface area contributed by atoms with E-state index in [1.807, 2.05) is 0 Å². The van der Waals surface area contributed by atoms with Crippen LogP contribution in [0.3, 0.4) is 0 Å². The number of hydrogen-bond donors (Lipinski definition) is 0. The zero-order valence-electron chi connectivity index (χ0n) is 6.21. The first-order valence-corrected chi connectivity index (χ1v) is 3.89. The minimum Gasteiger partial charge on any atom is -0.256 e. The van der Waals surface area contributed by atoms with Gasteiger partial charge in [0.25, 0.3) is 10.1 Å². The van der Waals surface area contributed by atoms with Crippen LogP contribution in [0.15, 0.2) is 11.5 Å². The van der Waals surface area contributed by atoms with Crippen LogP contribution in [0.1, 0.15) is 15.2 Å². The summed E-state index contributed by atoms with van der Waals surface area (Å²) in [5.74, 6) is 0. The summed E-state index contributed by atoms with van der Waals surface area (Å²) in [4.78, 5) is 0. The first-order chi connectivity index (χ1) is 4.33. The standard InChI is InChI=1S/C5H8O3S/c1-5(2)3-4-9(6,7)8-5/h3-4H,1-2H3/i4D. The van der Waals surface area contributed by atoms with Crippen LogP contribution in [0.25, 0.3) is 0 Å². The minimum atomic E-state index is -3.70. The Morgan fingerprint density at radius 3 is 2.33 bits per heavy atom. The second-order valence-electron chi connectivity index (χ2n) is 2.40. The van der Waals surface area contributed by atoms with Crippen molar-refractivity contribution in [3.05, 3.63) is 11.5 Å². The molecule has 0 unspecified atom stereocenters. The van der Waals surface area contributed by atoms with E-state index in [1.54, 1.807) is 13.8 Å². The summed E-state index contributed by atoms with van der Waals surface area (Å²) in [6.07, 6.45) is 1.27. The van der Waals surface area contributed by atoms with E-state index in [2.05, 4.69) is 4.18 Å². The third kappa shape index (κ3) is 1.53. The fourth-order valence-electron chi connectivity index (χ4n) is 0.545. The average molecular weight is 149 g/mol. The molecule has 1 heterocycles. The summed E-state index contributed by atoms with van der Waals surface area (Å²) in [7, 11) is -3.70. The Morgan fingerprint density at radius 2 is 2.22 bits per heavy atom. The van der Waals surface area contributed by atoms with Crippen LogP contribution in [0, 0.1) is 0 Å². The van der Waals surface area contributed by atoms with Crippen molar-refractivity contribution >= 4 is 10.1 Å². The van der Waals surface area contributed by atoms with Crippen LogP contribution in [0.4, 0.5) is 0 Å². The highest BCUT2D eigenvalue weighted by Crippen LogP contribution is 2.22. The van der Waals surface area contributed by atoms with Crippen molar-refractivity contribution in [1.29, 1.82) is 0 Å². The van der Waals surface area contributed by atoms with E-state index < -0.39 is 21.1 Å². The Bertz CT molecular complexity index is 275. The molecule has 0 aromatic heterocycles. The second kappa shape index (κ2) is 1.58. The van der Waals surface area contributed by atoms with Crippen molar-refractivity contribution in [2.75, 3.05) is 0 Å². The van der Waals surface area contributed by atoms with Crippen LogP contribution in [-0.4, -0.2) is 14.0 Å². The zero-order valence-corrected chi connectivity index (χ0v) is 6.03. The highest BCUT2D eigenvalue weighted by atomic mass is 32.2. The molecule has 1 rings (SSSR count). The molecule has 0 saturated carbocycles. The van der Waals surface area contributed by atoms with Crippen molar-refractivity contribution in [2.45, 2.75) is 19.4 Å². The fraction of sp³-hybridized carbons (Fsp3) is 0.600. The molecule has 0 radical (unpaired) electrons. The van der Waals surface area contributed by atoms with Crippen LogP contribution < -0.4 is 0 Å². The predicted octanol–water partition coefficient (Wildman–Crippen LogP) is 0.639. The summed E-state index contributed by atoms with van der Waals surface area (Å²) in [6.45, 7) is 3.18.